The maximum absolute atomic E-state index is 13.8. The molecule has 5 aromatic rings. The number of carbonyl (C=O) groups excluding carboxylic acids is 2. The van der Waals surface area contributed by atoms with Gasteiger partial charge in [-0.3, -0.25) is 9.59 Å². The van der Waals surface area contributed by atoms with Gasteiger partial charge in [0.05, 0.1) is 0 Å². The van der Waals surface area contributed by atoms with Gasteiger partial charge >= 0.3 is 0 Å². The Hall–Kier alpha value is -3.66. The summed E-state index contributed by atoms with van der Waals surface area (Å²) in [5.74, 6) is 0.446. The van der Waals surface area contributed by atoms with Gasteiger partial charge < -0.3 is 10.6 Å². The minimum absolute atomic E-state index is 0.0826. The quantitative estimate of drug-likeness (QED) is 0.234. The van der Waals surface area contributed by atoms with Crippen molar-refractivity contribution in [1.29, 1.82) is 0 Å². The van der Waals surface area contributed by atoms with Crippen molar-refractivity contribution in [2.75, 3.05) is 13.1 Å². The second kappa shape index (κ2) is 8.28. The van der Waals surface area contributed by atoms with Crippen LogP contribution in [0.2, 0.25) is 0 Å². The Labute approximate surface area is 199 Å². The fourth-order valence-corrected chi connectivity index (χ4v) is 5.40. The van der Waals surface area contributed by atoms with E-state index in [1.165, 1.54) is 0 Å². The fraction of sp³-hybridized carbons (Fsp3) is 0.267. The third kappa shape index (κ3) is 3.45. The molecule has 0 aliphatic rings. The van der Waals surface area contributed by atoms with E-state index < -0.39 is 5.91 Å². The molecule has 2 N–H and O–H groups in total. The van der Waals surface area contributed by atoms with Crippen LogP contribution in [0.3, 0.4) is 0 Å². The number of rotatable bonds is 6. The van der Waals surface area contributed by atoms with Crippen LogP contribution in [0, 0.1) is 11.8 Å². The monoisotopic (exact) mass is 450 g/mol. The van der Waals surface area contributed by atoms with E-state index in [1.807, 2.05) is 41.3 Å². The molecule has 0 atom stereocenters. The van der Waals surface area contributed by atoms with E-state index in [9.17, 15) is 9.59 Å². The summed E-state index contributed by atoms with van der Waals surface area (Å²) < 4.78 is 0. The molecule has 0 aliphatic heterocycles. The summed E-state index contributed by atoms with van der Waals surface area (Å²) in [4.78, 5) is 27.9. The highest BCUT2D eigenvalue weighted by Gasteiger charge is 2.23. The predicted molar refractivity (Wildman–Crippen MR) is 142 cm³/mol. The zero-order valence-electron chi connectivity index (χ0n) is 20.2. The van der Waals surface area contributed by atoms with Crippen LogP contribution in [0.25, 0.3) is 43.1 Å². The van der Waals surface area contributed by atoms with Gasteiger partial charge in [-0.05, 0) is 67.1 Å². The van der Waals surface area contributed by atoms with Gasteiger partial charge in [0.15, 0.2) is 0 Å². The van der Waals surface area contributed by atoms with Crippen molar-refractivity contribution in [2.24, 2.45) is 17.6 Å². The zero-order valence-corrected chi connectivity index (χ0v) is 20.2. The Kier molecular flexibility index (Phi) is 5.40. The maximum atomic E-state index is 13.8. The van der Waals surface area contributed by atoms with Gasteiger partial charge in [-0.25, -0.2) is 0 Å². The molecule has 0 spiro atoms. The number of hydrogen-bond donors (Lipinski definition) is 1. The number of nitrogens with two attached hydrogens (primary N) is 1. The van der Waals surface area contributed by atoms with Crippen molar-refractivity contribution >= 4 is 54.9 Å². The van der Waals surface area contributed by atoms with Gasteiger partial charge in [-0.2, -0.15) is 0 Å². The van der Waals surface area contributed by atoms with Crippen LogP contribution < -0.4 is 5.73 Å². The van der Waals surface area contributed by atoms with E-state index >= 15 is 0 Å². The van der Waals surface area contributed by atoms with Gasteiger partial charge in [-0.1, -0.05) is 76.2 Å². The molecule has 5 rings (SSSR count). The number of hydrogen-bond acceptors (Lipinski definition) is 2. The number of carbonyl (C=O) groups is 2. The van der Waals surface area contributed by atoms with Crippen LogP contribution in [-0.4, -0.2) is 29.8 Å². The topological polar surface area (TPSA) is 63.4 Å². The van der Waals surface area contributed by atoms with Gasteiger partial charge in [0, 0.05) is 24.2 Å². The van der Waals surface area contributed by atoms with Gasteiger partial charge in [0.1, 0.15) is 0 Å². The van der Waals surface area contributed by atoms with Gasteiger partial charge in [-0.15, -0.1) is 0 Å². The van der Waals surface area contributed by atoms with E-state index in [2.05, 4.69) is 52.0 Å². The summed E-state index contributed by atoms with van der Waals surface area (Å²) in [5, 5.41) is 8.28. The second-order valence-corrected chi connectivity index (χ2v) is 10.1. The first-order chi connectivity index (χ1) is 16.3. The Bertz CT molecular complexity index is 1530. The Morgan fingerprint density at radius 1 is 0.647 bits per heavy atom. The summed E-state index contributed by atoms with van der Waals surface area (Å²) in [6, 6.07) is 20.0. The highest BCUT2D eigenvalue weighted by Crippen LogP contribution is 2.42. The van der Waals surface area contributed by atoms with Gasteiger partial charge in [0.25, 0.3) is 5.91 Å². The molecule has 0 aliphatic carbocycles. The number of amides is 2. The summed E-state index contributed by atoms with van der Waals surface area (Å²) in [6.07, 6.45) is 0. The lowest BCUT2D eigenvalue weighted by Gasteiger charge is -2.27. The zero-order chi connectivity index (χ0) is 24.1. The molecule has 0 saturated carbocycles. The van der Waals surface area contributed by atoms with Crippen LogP contribution in [0.4, 0.5) is 0 Å². The molecular formula is C30H30N2O2. The smallest absolute Gasteiger partial charge is 0.254 e. The van der Waals surface area contributed by atoms with Gasteiger partial charge in [0.2, 0.25) is 5.91 Å². The molecule has 34 heavy (non-hydrogen) atoms. The third-order valence-corrected chi connectivity index (χ3v) is 6.62. The third-order valence-electron chi connectivity index (χ3n) is 6.62. The predicted octanol–water partition coefficient (Wildman–Crippen LogP) is 6.59. The Balaban J connectivity index is 1.82. The number of nitrogens with zero attached hydrogens (tertiary/aromatic N) is 1. The van der Waals surface area contributed by atoms with Crippen molar-refractivity contribution < 1.29 is 9.59 Å². The number of fused-ring (bicyclic) bond motifs is 2. The van der Waals surface area contributed by atoms with Crippen molar-refractivity contribution in [1.82, 2.24) is 4.90 Å². The first-order valence-corrected chi connectivity index (χ1v) is 12.0. The molecule has 0 radical (unpaired) electrons. The number of benzene rings is 5. The lowest BCUT2D eigenvalue weighted by molar-refractivity contribution is 0.0717. The van der Waals surface area contributed by atoms with Crippen LogP contribution in [0.5, 0.6) is 0 Å². The normalized spacial score (nSPS) is 12.1. The first kappa shape index (κ1) is 22.1. The van der Waals surface area contributed by atoms with Crippen molar-refractivity contribution in [3.63, 3.8) is 0 Å². The molecule has 2 amide bonds. The van der Waals surface area contributed by atoms with E-state index in [1.54, 1.807) is 0 Å². The van der Waals surface area contributed by atoms with E-state index in [4.69, 9.17) is 5.73 Å². The molecule has 0 unspecified atom stereocenters. The molecule has 0 saturated heterocycles. The summed E-state index contributed by atoms with van der Waals surface area (Å²) in [7, 11) is 0. The molecule has 0 aromatic heterocycles. The Morgan fingerprint density at radius 2 is 1.06 bits per heavy atom. The lowest BCUT2D eigenvalue weighted by atomic mass is 9.87. The fourth-order valence-electron chi connectivity index (χ4n) is 5.40. The maximum Gasteiger partial charge on any atom is 0.254 e. The average molecular weight is 451 g/mol. The minimum atomic E-state index is -0.427. The molecule has 0 bridgehead atoms. The van der Waals surface area contributed by atoms with Crippen molar-refractivity contribution in [3.05, 3.63) is 71.8 Å². The van der Waals surface area contributed by atoms with E-state index in [0.29, 0.717) is 17.4 Å². The summed E-state index contributed by atoms with van der Waals surface area (Å²) >= 11 is 0. The van der Waals surface area contributed by atoms with Crippen LogP contribution in [0.15, 0.2) is 60.7 Å². The van der Waals surface area contributed by atoms with Crippen LogP contribution in [0.1, 0.15) is 48.4 Å². The van der Waals surface area contributed by atoms with Crippen molar-refractivity contribution in [3.8, 4) is 0 Å². The van der Waals surface area contributed by atoms with Crippen LogP contribution >= 0.6 is 0 Å². The SMILES string of the molecule is CC(C)CN(CC(C)C)C(=O)c1ccc2c3cccc4c(C(N)=O)ccc(c5cccc1c52)c43. The molecule has 5 aromatic carbocycles. The molecule has 4 heteroatoms. The lowest BCUT2D eigenvalue weighted by Crippen LogP contribution is -2.37. The van der Waals surface area contributed by atoms with Crippen molar-refractivity contribution in [2.45, 2.75) is 27.7 Å². The Morgan fingerprint density at radius 3 is 1.53 bits per heavy atom. The first-order valence-electron chi connectivity index (χ1n) is 12.0. The summed E-state index contributed by atoms with van der Waals surface area (Å²) in [6.45, 7) is 10.1. The van der Waals surface area contributed by atoms with E-state index in [-0.39, 0.29) is 5.91 Å². The van der Waals surface area contributed by atoms with Crippen LogP contribution in [-0.2, 0) is 0 Å². The highest BCUT2D eigenvalue weighted by molar-refractivity contribution is 6.35. The highest BCUT2D eigenvalue weighted by atomic mass is 16.2. The standard InChI is InChI=1S/C30H30N2O2/c1-17(2)15-32(16-18(3)4)30(34)26-14-12-24-19-7-5-9-21-25(29(31)33)13-11-23(27(19)21)20-8-6-10-22(26)28(20)24/h5-14,17-18H,15-16H2,1-4H3,(H2,31,33). The summed E-state index contributed by atoms with van der Waals surface area (Å²) in [5.41, 5.74) is 6.95. The van der Waals surface area contributed by atoms with E-state index in [0.717, 1.165) is 61.7 Å². The largest absolute Gasteiger partial charge is 0.366 e. The average Bonchev–Trinajstić information content (AvgIpc) is 2.80. The number of primary amides is 1. The second-order valence-electron chi connectivity index (χ2n) is 10.1. The molecular weight excluding hydrogens is 420 g/mol. The molecule has 0 fully saturated rings. The molecule has 0 heterocycles. The molecule has 4 nitrogen and oxygen atoms in total. The minimum Gasteiger partial charge on any atom is -0.366 e. The molecule has 172 valence electrons.